The molecule has 0 aromatic rings. The number of amides is 1. The van der Waals surface area contributed by atoms with Crippen LogP contribution in [0.4, 0.5) is 0 Å². The monoisotopic (exact) mass is 218 g/mol. The highest BCUT2D eigenvalue weighted by Crippen LogP contribution is 2.04. The number of rotatable bonds is 4. The maximum absolute atomic E-state index is 11.6. The number of hydrogen-bond acceptors (Lipinski definition) is 3. The van der Waals surface area contributed by atoms with Gasteiger partial charge in [-0.15, -0.1) is 0 Å². The Morgan fingerprint density at radius 1 is 1.71 bits per heavy atom. The van der Waals surface area contributed by atoms with Gasteiger partial charge in [-0.3, -0.25) is 9.00 Å². The van der Waals surface area contributed by atoms with Gasteiger partial charge in [0.1, 0.15) is 0 Å². The predicted molar refractivity (Wildman–Crippen MR) is 57.6 cm³/mol. The highest BCUT2D eigenvalue weighted by molar-refractivity contribution is 7.84. The zero-order chi connectivity index (χ0) is 10.6. The average molecular weight is 218 g/mol. The third-order valence-corrected chi connectivity index (χ3v) is 3.22. The highest BCUT2D eigenvalue weighted by Gasteiger charge is 2.22. The molecule has 0 radical (unpaired) electrons. The number of carbonyl (C=O) groups excluding carboxylic acids is 1. The normalized spacial score (nSPS) is 25.7. The van der Waals surface area contributed by atoms with Crippen LogP contribution in [-0.2, 0) is 15.6 Å². The zero-order valence-electron chi connectivity index (χ0n) is 8.71. The molecular formula is C9H18N2O2S. The summed E-state index contributed by atoms with van der Waals surface area (Å²) in [5.74, 6) is 0.568. The summed E-state index contributed by atoms with van der Waals surface area (Å²) in [6, 6.07) is -0.0431. The molecule has 1 heterocycles. The average Bonchev–Trinajstić information content (AvgIpc) is 2.53. The van der Waals surface area contributed by atoms with Crippen LogP contribution in [0.15, 0.2) is 0 Å². The molecular weight excluding hydrogens is 200 g/mol. The van der Waals surface area contributed by atoms with Crippen LogP contribution in [0, 0.1) is 0 Å². The lowest BCUT2D eigenvalue weighted by molar-refractivity contribution is -0.123. The van der Waals surface area contributed by atoms with Gasteiger partial charge in [0.15, 0.2) is 0 Å². The summed E-state index contributed by atoms with van der Waals surface area (Å²) < 4.78 is 10.9. The van der Waals surface area contributed by atoms with E-state index in [4.69, 9.17) is 0 Å². The number of carbonyl (C=O) groups is 1. The van der Waals surface area contributed by atoms with E-state index < -0.39 is 10.8 Å². The van der Waals surface area contributed by atoms with Crippen molar-refractivity contribution in [2.75, 3.05) is 18.6 Å². The van der Waals surface area contributed by atoms with Crippen molar-refractivity contribution < 1.29 is 9.00 Å². The van der Waals surface area contributed by atoms with E-state index >= 15 is 0 Å². The third-order valence-electron chi connectivity index (χ3n) is 2.25. The van der Waals surface area contributed by atoms with Crippen molar-refractivity contribution in [2.24, 2.45) is 0 Å². The topological polar surface area (TPSA) is 58.2 Å². The molecule has 0 aliphatic carbocycles. The SMILES string of the molecule is CC(CS(C)=O)NC(=O)[C@H]1CCCN1. The minimum absolute atomic E-state index is 0.00395. The second-order valence-corrected chi connectivity index (χ2v) is 5.28. The summed E-state index contributed by atoms with van der Waals surface area (Å²) in [7, 11) is -0.849. The second-order valence-electron chi connectivity index (χ2n) is 3.80. The van der Waals surface area contributed by atoms with Gasteiger partial charge in [0.25, 0.3) is 0 Å². The fourth-order valence-electron chi connectivity index (χ4n) is 1.65. The van der Waals surface area contributed by atoms with Crippen LogP contribution >= 0.6 is 0 Å². The van der Waals surface area contributed by atoms with Crippen molar-refractivity contribution in [3.05, 3.63) is 0 Å². The van der Waals surface area contributed by atoms with Crippen molar-refractivity contribution in [3.8, 4) is 0 Å². The lowest BCUT2D eigenvalue weighted by Crippen LogP contribution is -2.45. The molecule has 1 fully saturated rings. The van der Waals surface area contributed by atoms with Crippen molar-refractivity contribution in [3.63, 3.8) is 0 Å². The Hall–Kier alpha value is -0.420. The van der Waals surface area contributed by atoms with Crippen molar-refractivity contribution in [1.82, 2.24) is 10.6 Å². The lowest BCUT2D eigenvalue weighted by atomic mass is 10.2. The van der Waals surface area contributed by atoms with Crippen LogP contribution in [0.5, 0.6) is 0 Å². The molecule has 14 heavy (non-hydrogen) atoms. The zero-order valence-corrected chi connectivity index (χ0v) is 9.52. The summed E-state index contributed by atoms with van der Waals surface area (Å²) in [4.78, 5) is 11.6. The van der Waals surface area contributed by atoms with E-state index in [-0.39, 0.29) is 18.0 Å². The largest absolute Gasteiger partial charge is 0.351 e. The Balaban J connectivity index is 2.28. The van der Waals surface area contributed by atoms with Gasteiger partial charge in [0.2, 0.25) is 5.91 Å². The van der Waals surface area contributed by atoms with E-state index in [0.29, 0.717) is 5.75 Å². The fourth-order valence-corrected chi connectivity index (χ4v) is 2.43. The lowest BCUT2D eigenvalue weighted by Gasteiger charge is -2.16. The number of nitrogens with one attached hydrogen (secondary N) is 2. The van der Waals surface area contributed by atoms with Gasteiger partial charge >= 0.3 is 0 Å². The summed E-state index contributed by atoms with van der Waals surface area (Å²) in [5, 5.41) is 5.99. The molecule has 0 spiro atoms. The smallest absolute Gasteiger partial charge is 0.237 e. The molecule has 1 aliphatic rings. The molecule has 2 N–H and O–H groups in total. The molecule has 1 amide bonds. The molecule has 1 saturated heterocycles. The van der Waals surface area contributed by atoms with Crippen LogP contribution in [0.2, 0.25) is 0 Å². The minimum atomic E-state index is -0.849. The first-order chi connectivity index (χ1) is 6.59. The summed E-state index contributed by atoms with van der Waals surface area (Å²) in [6.45, 7) is 2.81. The standard InChI is InChI=1S/C9H18N2O2S/c1-7(6-14(2)13)11-9(12)8-4-3-5-10-8/h7-8,10H,3-6H2,1-2H3,(H,11,12)/t7?,8-,14?/m1/s1. The Kier molecular flexibility index (Phi) is 4.54. The highest BCUT2D eigenvalue weighted by atomic mass is 32.2. The van der Waals surface area contributed by atoms with Crippen LogP contribution in [0.25, 0.3) is 0 Å². The van der Waals surface area contributed by atoms with Crippen molar-refractivity contribution in [2.45, 2.75) is 31.8 Å². The minimum Gasteiger partial charge on any atom is -0.351 e. The van der Waals surface area contributed by atoms with Gasteiger partial charge in [-0.25, -0.2) is 0 Å². The van der Waals surface area contributed by atoms with Crippen molar-refractivity contribution >= 4 is 16.7 Å². The predicted octanol–water partition coefficient (Wildman–Crippen LogP) is -0.378. The summed E-state index contributed by atoms with van der Waals surface area (Å²) >= 11 is 0. The Labute approximate surface area is 87.3 Å². The van der Waals surface area contributed by atoms with Crippen LogP contribution in [0.3, 0.4) is 0 Å². The maximum Gasteiger partial charge on any atom is 0.237 e. The van der Waals surface area contributed by atoms with Gasteiger partial charge < -0.3 is 10.6 Å². The molecule has 0 bridgehead atoms. The van der Waals surface area contributed by atoms with Gasteiger partial charge in [-0.2, -0.15) is 0 Å². The van der Waals surface area contributed by atoms with Crippen LogP contribution < -0.4 is 10.6 Å². The summed E-state index contributed by atoms with van der Waals surface area (Å²) in [5.41, 5.74) is 0. The first-order valence-electron chi connectivity index (χ1n) is 4.93. The second kappa shape index (κ2) is 5.46. The molecule has 4 nitrogen and oxygen atoms in total. The van der Waals surface area contributed by atoms with E-state index in [9.17, 15) is 9.00 Å². The van der Waals surface area contributed by atoms with Crippen LogP contribution in [-0.4, -0.2) is 40.8 Å². The Bertz CT molecular complexity index is 227. The Morgan fingerprint density at radius 2 is 2.43 bits per heavy atom. The molecule has 0 aromatic heterocycles. The molecule has 2 unspecified atom stereocenters. The molecule has 0 saturated carbocycles. The van der Waals surface area contributed by atoms with E-state index in [1.54, 1.807) is 6.26 Å². The molecule has 1 rings (SSSR count). The van der Waals surface area contributed by atoms with E-state index in [2.05, 4.69) is 10.6 Å². The number of hydrogen-bond donors (Lipinski definition) is 2. The molecule has 1 aliphatic heterocycles. The molecule has 3 atom stereocenters. The molecule has 5 heteroatoms. The molecule has 82 valence electrons. The first-order valence-corrected chi connectivity index (χ1v) is 6.66. The van der Waals surface area contributed by atoms with Gasteiger partial charge in [-0.05, 0) is 26.3 Å². The van der Waals surface area contributed by atoms with Gasteiger partial charge in [0.05, 0.1) is 6.04 Å². The van der Waals surface area contributed by atoms with Crippen molar-refractivity contribution in [1.29, 1.82) is 0 Å². The maximum atomic E-state index is 11.6. The third kappa shape index (κ3) is 3.75. The fraction of sp³-hybridized carbons (Fsp3) is 0.889. The van der Waals surface area contributed by atoms with Gasteiger partial charge in [-0.1, -0.05) is 0 Å². The quantitative estimate of drug-likeness (QED) is 0.676. The molecule has 0 aromatic carbocycles. The summed E-state index contributed by atoms with van der Waals surface area (Å²) in [6.07, 6.45) is 3.62. The Morgan fingerprint density at radius 3 is 2.93 bits per heavy atom. The van der Waals surface area contributed by atoms with E-state index in [1.807, 2.05) is 6.92 Å². The first kappa shape index (κ1) is 11.7. The van der Waals surface area contributed by atoms with E-state index in [1.165, 1.54) is 0 Å². The van der Waals surface area contributed by atoms with Crippen LogP contribution in [0.1, 0.15) is 19.8 Å². The van der Waals surface area contributed by atoms with E-state index in [0.717, 1.165) is 19.4 Å². The van der Waals surface area contributed by atoms with Gasteiger partial charge in [0, 0.05) is 28.9 Å².